The molecule has 0 radical (unpaired) electrons. The highest BCUT2D eigenvalue weighted by Crippen LogP contribution is 2.40. The molecule has 236 valence electrons. The van der Waals surface area contributed by atoms with E-state index in [1.54, 1.807) is 61.6 Å². The van der Waals surface area contributed by atoms with E-state index in [1.807, 2.05) is 20.8 Å². The Balaban J connectivity index is 1.68. The van der Waals surface area contributed by atoms with Gasteiger partial charge >= 0.3 is 0 Å². The highest BCUT2D eigenvalue weighted by molar-refractivity contribution is 6.02. The molecule has 0 bridgehead atoms. The smallest absolute Gasteiger partial charge is 0.182 e. The molecule has 0 saturated heterocycles. The number of phenolic OH excluding ortho intramolecular Hbond substituents is 1. The van der Waals surface area contributed by atoms with Crippen molar-refractivity contribution in [1.29, 1.82) is 0 Å². The summed E-state index contributed by atoms with van der Waals surface area (Å²) in [4.78, 5) is 12.3. The van der Waals surface area contributed by atoms with E-state index < -0.39 is 23.1 Å². The first kappa shape index (κ1) is 34.2. The van der Waals surface area contributed by atoms with Crippen LogP contribution in [0.25, 0.3) is 12.2 Å². The molecule has 2 aromatic carbocycles. The van der Waals surface area contributed by atoms with E-state index in [0.29, 0.717) is 22.6 Å². The molecule has 4 N–H and O–H groups in total. The second-order valence-electron chi connectivity index (χ2n) is 11.6. The van der Waals surface area contributed by atoms with Gasteiger partial charge in [-0.15, -0.1) is 0 Å². The minimum atomic E-state index is -1.14. The number of aliphatic hydroxyl groups excluding tert-OH is 2. The zero-order chi connectivity index (χ0) is 32.5. The van der Waals surface area contributed by atoms with Crippen molar-refractivity contribution in [3.63, 3.8) is 0 Å². The topological polar surface area (TPSA) is 126 Å². The second kappa shape index (κ2) is 14.9. The third-order valence-corrected chi connectivity index (χ3v) is 7.79. The summed E-state index contributed by atoms with van der Waals surface area (Å²) in [5, 5.41) is 42.3. The summed E-state index contributed by atoms with van der Waals surface area (Å²) < 4.78 is 16.8. The first-order valence-corrected chi connectivity index (χ1v) is 14.6. The molecule has 8 heteroatoms. The molecule has 44 heavy (non-hydrogen) atoms. The van der Waals surface area contributed by atoms with Gasteiger partial charge in [0.2, 0.25) is 0 Å². The van der Waals surface area contributed by atoms with Crippen molar-refractivity contribution >= 4 is 17.9 Å². The fraction of sp³-hybridized carbons (Fsp3) is 0.361. The Morgan fingerprint density at radius 1 is 1.00 bits per heavy atom. The normalized spacial score (nSPS) is 22.6. The number of aliphatic hydroxyl groups is 3. The summed E-state index contributed by atoms with van der Waals surface area (Å²) in [6, 6.07) is 9.85. The number of carbonyl (C=O) groups excluding carboxylic acids is 1. The molecule has 8 nitrogen and oxygen atoms in total. The summed E-state index contributed by atoms with van der Waals surface area (Å²) in [6.45, 7) is 7.85. The number of methoxy groups -OCH3 is 2. The van der Waals surface area contributed by atoms with Gasteiger partial charge in [-0.05, 0) is 93.2 Å². The van der Waals surface area contributed by atoms with Crippen LogP contribution in [0.4, 0.5) is 0 Å². The van der Waals surface area contributed by atoms with E-state index >= 15 is 0 Å². The zero-order valence-corrected chi connectivity index (χ0v) is 26.3. The van der Waals surface area contributed by atoms with Crippen LogP contribution in [0.15, 0.2) is 84.2 Å². The maximum atomic E-state index is 12.3. The molecule has 0 aromatic heterocycles. The average molecular weight is 605 g/mol. The molecule has 0 saturated carbocycles. The second-order valence-corrected chi connectivity index (χ2v) is 11.6. The quantitative estimate of drug-likeness (QED) is 0.0860. The Labute approximate surface area is 259 Å². The lowest BCUT2D eigenvalue weighted by Crippen LogP contribution is -2.53. The van der Waals surface area contributed by atoms with Gasteiger partial charge in [0.25, 0.3) is 0 Å². The summed E-state index contributed by atoms with van der Waals surface area (Å²) >= 11 is 0. The molecule has 0 aliphatic heterocycles. The van der Waals surface area contributed by atoms with Gasteiger partial charge in [0.1, 0.15) is 11.9 Å². The standard InChI is InChI=1S/C36H44O8/c1-24(2)8-7-9-25(3)36(41)19-18-35(4,34(40)23-36)44-31-17-13-27(21-33(31)43-6)11-15-29(38)22-28(37)14-10-26-12-16-30(39)32(20-26)42-5/h8,10-22,25,34,38-41H,7,9,23H2,1-6H3/b14-10+,15-11+,29-22-/t25-,34-,35+,36-/m0/s1. The van der Waals surface area contributed by atoms with Crippen LogP contribution >= 0.6 is 0 Å². The molecule has 0 unspecified atom stereocenters. The monoisotopic (exact) mass is 604 g/mol. The van der Waals surface area contributed by atoms with Crippen molar-refractivity contribution in [1.82, 2.24) is 0 Å². The minimum Gasteiger partial charge on any atom is -0.508 e. The molecular weight excluding hydrogens is 560 g/mol. The molecular formula is C36H44O8. The van der Waals surface area contributed by atoms with Gasteiger partial charge in [0, 0.05) is 12.5 Å². The number of hydrogen-bond donors (Lipinski definition) is 4. The van der Waals surface area contributed by atoms with Crippen molar-refractivity contribution < 1.29 is 39.4 Å². The average Bonchev–Trinajstić information content (AvgIpc) is 2.98. The number of hydrogen-bond acceptors (Lipinski definition) is 8. The third kappa shape index (κ3) is 9.11. The Bertz CT molecular complexity index is 1460. The predicted octanol–water partition coefficient (Wildman–Crippen LogP) is 6.72. The number of aromatic hydroxyl groups is 1. The maximum Gasteiger partial charge on any atom is 0.182 e. The van der Waals surface area contributed by atoms with Gasteiger partial charge in [0.15, 0.2) is 34.4 Å². The molecule has 0 spiro atoms. The third-order valence-electron chi connectivity index (χ3n) is 7.79. The van der Waals surface area contributed by atoms with E-state index in [-0.39, 0.29) is 29.6 Å². The van der Waals surface area contributed by atoms with E-state index in [9.17, 15) is 25.2 Å². The predicted molar refractivity (Wildman–Crippen MR) is 173 cm³/mol. The van der Waals surface area contributed by atoms with E-state index in [1.165, 1.54) is 38.0 Å². The van der Waals surface area contributed by atoms with Gasteiger partial charge in [-0.25, -0.2) is 0 Å². The van der Waals surface area contributed by atoms with Gasteiger partial charge in [-0.1, -0.05) is 48.9 Å². The Morgan fingerprint density at radius 3 is 2.27 bits per heavy atom. The number of allylic oxidation sites excluding steroid dienone is 5. The lowest BCUT2D eigenvalue weighted by molar-refractivity contribution is -0.110. The Kier molecular flexibility index (Phi) is 11.6. The van der Waals surface area contributed by atoms with Crippen molar-refractivity contribution in [2.24, 2.45) is 5.92 Å². The van der Waals surface area contributed by atoms with Crippen molar-refractivity contribution in [2.45, 2.75) is 64.3 Å². The largest absolute Gasteiger partial charge is 0.508 e. The Morgan fingerprint density at radius 2 is 1.64 bits per heavy atom. The summed E-state index contributed by atoms with van der Waals surface area (Å²) in [5.74, 6) is 0.387. The molecule has 2 aromatic rings. The fourth-order valence-electron chi connectivity index (χ4n) is 4.85. The highest BCUT2D eigenvalue weighted by Gasteiger charge is 2.45. The van der Waals surface area contributed by atoms with Crippen LogP contribution in [0.5, 0.6) is 23.0 Å². The minimum absolute atomic E-state index is 0.00310. The van der Waals surface area contributed by atoms with Crippen LogP contribution in [0.1, 0.15) is 58.1 Å². The van der Waals surface area contributed by atoms with Gasteiger partial charge < -0.3 is 34.6 Å². The highest BCUT2D eigenvalue weighted by atomic mass is 16.5. The first-order chi connectivity index (χ1) is 20.8. The molecule has 0 amide bonds. The fourth-order valence-corrected chi connectivity index (χ4v) is 4.85. The van der Waals surface area contributed by atoms with E-state index in [2.05, 4.69) is 6.08 Å². The zero-order valence-electron chi connectivity index (χ0n) is 26.3. The number of ether oxygens (including phenoxy) is 3. The lowest BCUT2D eigenvalue weighted by atomic mass is 9.73. The molecule has 1 aliphatic rings. The molecule has 4 atom stereocenters. The van der Waals surface area contributed by atoms with Gasteiger partial charge in [-0.2, -0.15) is 0 Å². The van der Waals surface area contributed by atoms with Crippen LogP contribution < -0.4 is 14.2 Å². The number of ketones is 1. The van der Waals surface area contributed by atoms with Crippen LogP contribution in [0.3, 0.4) is 0 Å². The summed E-state index contributed by atoms with van der Waals surface area (Å²) in [5.41, 5.74) is 0.341. The number of benzene rings is 2. The summed E-state index contributed by atoms with van der Waals surface area (Å²) in [7, 11) is 2.94. The van der Waals surface area contributed by atoms with Crippen molar-refractivity contribution in [3.05, 3.63) is 95.3 Å². The number of carbonyl (C=O) groups is 1. The van der Waals surface area contributed by atoms with Gasteiger partial charge in [-0.3, -0.25) is 4.79 Å². The van der Waals surface area contributed by atoms with Crippen molar-refractivity contribution in [2.75, 3.05) is 14.2 Å². The van der Waals surface area contributed by atoms with Crippen LogP contribution in [-0.2, 0) is 4.79 Å². The molecule has 3 rings (SSSR count). The molecule has 0 heterocycles. The number of phenols is 1. The molecule has 1 aliphatic carbocycles. The maximum absolute atomic E-state index is 12.3. The number of rotatable bonds is 13. The molecule has 0 fully saturated rings. The van der Waals surface area contributed by atoms with E-state index in [0.717, 1.165) is 18.9 Å². The Hall–Kier alpha value is -4.27. The van der Waals surface area contributed by atoms with Gasteiger partial charge in [0.05, 0.1) is 19.8 Å². The van der Waals surface area contributed by atoms with Crippen LogP contribution in [0.2, 0.25) is 0 Å². The first-order valence-electron chi connectivity index (χ1n) is 14.6. The van der Waals surface area contributed by atoms with Crippen LogP contribution in [-0.4, -0.2) is 57.7 Å². The lowest BCUT2D eigenvalue weighted by Gasteiger charge is -2.43. The summed E-state index contributed by atoms with van der Waals surface area (Å²) in [6.07, 6.45) is 13.4. The SMILES string of the molecule is COc1cc(/C=C/C(=O)/C=C(O)/C=C/c2ccc(O[C@]3(C)C=C[C@@](O)([C@@H](C)CCC=C(C)C)C[C@@H]3O)c(OC)c2)ccc1O. The van der Waals surface area contributed by atoms with Crippen LogP contribution in [0, 0.1) is 5.92 Å². The van der Waals surface area contributed by atoms with Crippen molar-refractivity contribution in [3.8, 4) is 23.0 Å². The van der Waals surface area contributed by atoms with E-state index in [4.69, 9.17) is 14.2 Å².